The number of ether oxygens (including phenoxy) is 1. The number of hydrogen-bond acceptors (Lipinski definition) is 7. The minimum absolute atomic E-state index is 0.230. The van der Waals surface area contributed by atoms with Gasteiger partial charge in [-0.3, -0.25) is 4.99 Å². The van der Waals surface area contributed by atoms with Gasteiger partial charge in [-0.05, 0) is 19.8 Å². The van der Waals surface area contributed by atoms with Gasteiger partial charge in [0.1, 0.15) is 29.8 Å². The van der Waals surface area contributed by atoms with Crippen LogP contribution in [0, 0.1) is 0 Å². The summed E-state index contributed by atoms with van der Waals surface area (Å²) in [7, 11) is 0. The van der Waals surface area contributed by atoms with Crippen molar-refractivity contribution in [1.82, 2.24) is 15.0 Å². The van der Waals surface area contributed by atoms with Gasteiger partial charge in [0.15, 0.2) is 0 Å². The molecule has 8 heteroatoms. The van der Waals surface area contributed by atoms with Crippen molar-refractivity contribution in [2.24, 2.45) is 4.99 Å². The summed E-state index contributed by atoms with van der Waals surface area (Å²) in [4.78, 5) is 4.33. The average Bonchev–Trinajstić information content (AvgIpc) is 3.08. The van der Waals surface area contributed by atoms with Crippen LogP contribution in [-0.4, -0.2) is 60.0 Å². The molecule has 2 aliphatic heterocycles. The smallest absolute Gasteiger partial charge is 0.134 e. The third-order valence-electron chi connectivity index (χ3n) is 4.03. The number of unbranched alkanes of at least 4 members (excludes halogenated alkanes) is 1. The van der Waals surface area contributed by atoms with Crippen LogP contribution in [0.4, 0.5) is 0 Å². The SMILES string of the molecule is CCCCc1cn(C[C@H]2O[C@@H]3SC(C)=N[C@@H]3[C@@H](O)[C@@H]2O)nn1. The molecule has 0 unspecified atom stereocenters. The number of aromatic nitrogens is 3. The van der Waals surface area contributed by atoms with Crippen molar-refractivity contribution in [2.45, 2.75) is 69.4 Å². The Balaban J connectivity index is 1.64. The number of fused-ring (bicyclic) bond motifs is 1. The van der Waals surface area contributed by atoms with E-state index in [-0.39, 0.29) is 11.5 Å². The first kappa shape index (κ1) is 15.9. The summed E-state index contributed by atoms with van der Waals surface area (Å²) >= 11 is 1.50. The van der Waals surface area contributed by atoms with E-state index in [4.69, 9.17) is 4.74 Å². The molecule has 3 rings (SSSR count). The maximum Gasteiger partial charge on any atom is 0.134 e. The molecule has 0 bridgehead atoms. The number of aliphatic hydroxyl groups excluding tert-OH is 2. The first-order valence-electron chi connectivity index (χ1n) is 7.70. The molecule has 0 saturated carbocycles. The molecule has 2 N–H and O–H groups in total. The van der Waals surface area contributed by atoms with E-state index in [2.05, 4.69) is 22.2 Å². The van der Waals surface area contributed by atoms with Crippen LogP contribution in [0.2, 0.25) is 0 Å². The molecule has 0 spiro atoms. The average molecular weight is 326 g/mol. The number of nitrogens with zero attached hydrogens (tertiary/aromatic N) is 4. The van der Waals surface area contributed by atoms with Crippen LogP contribution in [-0.2, 0) is 17.7 Å². The molecule has 1 fully saturated rings. The van der Waals surface area contributed by atoms with Crippen LogP contribution in [0.3, 0.4) is 0 Å². The summed E-state index contributed by atoms with van der Waals surface area (Å²) in [6.07, 6.45) is 2.59. The molecule has 5 atom stereocenters. The zero-order valence-electron chi connectivity index (χ0n) is 12.8. The molecule has 0 radical (unpaired) electrons. The summed E-state index contributed by atoms with van der Waals surface area (Å²) in [6.45, 7) is 4.40. The van der Waals surface area contributed by atoms with Gasteiger partial charge >= 0.3 is 0 Å². The molecule has 22 heavy (non-hydrogen) atoms. The molecule has 1 saturated heterocycles. The zero-order valence-corrected chi connectivity index (χ0v) is 13.6. The molecule has 0 aliphatic carbocycles. The van der Waals surface area contributed by atoms with Crippen molar-refractivity contribution in [3.8, 4) is 0 Å². The predicted octanol–water partition coefficient (Wildman–Crippen LogP) is 0.601. The van der Waals surface area contributed by atoms with E-state index in [0.29, 0.717) is 6.54 Å². The van der Waals surface area contributed by atoms with Crippen molar-refractivity contribution in [3.63, 3.8) is 0 Å². The minimum atomic E-state index is -0.972. The van der Waals surface area contributed by atoms with E-state index in [1.54, 1.807) is 4.68 Å². The Hall–Kier alpha value is -0.960. The van der Waals surface area contributed by atoms with Crippen LogP contribution in [0.15, 0.2) is 11.2 Å². The van der Waals surface area contributed by atoms with Gasteiger partial charge in [0.2, 0.25) is 0 Å². The summed E-state index contributed by atoms with van der Waals surface area (Å²) in [5, 5.41) is 29.6. The number of hydrogen-bond donors (Lipinski definition) is 2. The van der Waals surface area contributed by atoms with Crippen molar-refractivity contribution in [1.29, 1.82) is 0 Å². The molecule has 0 aromatic carbocycles. The van der Waals surface area contributed by atoms with Crippen LogP contribution in [0.5, 0.6) is 0 Å². The predicted molar refractivity (Wildman–Crippen MR) is 83.8 cm³/mol. The highest BCUT2D eigenvalue weighted by molar-refractivity contribution is 8.14. The zero-order chi connectivity index (χ0) is 15.7. The Bertz CT molecular complexity index is 550. The molecule has 0 amide bonds. The molecule has 2 aliphatic rings. The second-order valence-electron chi connectivity index (χ2n) is 5.82. The van der Waals surface area contributed by atoms with Gasteiger partial charge in [-0.1, -0.05) is 30.3 Å². The van der Waals surface area contributed by atoms with Crippen molar-refractivity contribution in [2.75, 3.05) is 0 Å². The Morgan fingerprint density at radius 3 is 2.95 bits per heavy atom. The van der Waals surface area contributed by atoms with Crippen LogP contribution < -0.4 is 0 Å². The van der Waals surface area contributed by atoms with E-state index in [9.17, 15) is 10.2 Å². The fraction of sp³-hybridized carbons (Fsp3) is 0.786. The highest BCUT2D eigenvalue weighted by Crippen LogP contribution is 2.36. The van der Waals surface area contributed by atoms with Gasteiger partial charge in [-0.15, -0.1) is 5.10 Å². The summed E-state index contributed by atoms with van der Waals surface area (Å²) in [5.41, 5.74) is 0.714. The third kappa shape index (κ3) is 3.19. The number of aryl methyl sites for hydroxylation is 1. The standard InChI is InChI=1S/C14H22N4O3S/c1-3-4-5-9-6-18(17-16-9)7-10-12(19)13(20)11-14(21-10)22-8(2)15-11/h6,10-14,19-20H,3-5,7H2,1-2H3/t10-,11-,12-,13-,14-/m1/s1. The van der Waals surface area contributed by atoms with Crippen molar-refractivity contribution < 1.29 is 14.9 Å². The second-order valence-corrected chi connectivity index (χ2v) is 7.11. The lowest BCUT2D eigenvalue weighted by atomic mass is 9.98. The number of aliphatic hydroxyl groups is 2. The van der Waals surface area contributed by atoms with Crippen LogP contribution in [0.25, 0.3) is 0 Å². The molecular weight excluding hydrogens is 304 g/mol. The molecule has 1 aromatic rings. The number of thioether (sulfide) groups is 1. The fourth-order valence-corrected chi connectivity index (χ4v) is 3.87. The normalized spacial score (nSPS) is 34.5. The molecule has 7 nitrogen and oxygen atoms in total. The van der Waals surface area contributed by atoms with Gasteiger partial charge in [-0.25, -0.2) is 4.68 Å². The molecule has 3 heterocycles. The fourth-order valence-electron chi connectivity index (χ4n) is 2.79. The monoisotopic (exact) mass is 326 g/mol. The highest BCUT2D eigenvalue weighted by Gasteiger charge is 2.47. The first-order chi connectivity index (χ1) is 10.6. The Labute approximate surface area is 133 Å². The van der Waals surface area contributed by atoms with Gasteiger partial charge in [-0.2, -0.15) is 0 Å². The quantitative estimate of drug-likeness (QED) is 0.823. The third-order valence-corrected chi connectivity index (χ3v) is 5.09. The maximum absolute atomic E-state index is 10.3. The second kappa shape index (κ2) is 6.66. The van der Waals surface area contributed by atoms with Crippen LogP contribution >= 0.6 is 11.8 Å². The lowest BCUT2D eigenvalue weighted by Gasteiger charge is -2.38. The minimum Gasteiger partial charge on any atom is -0.388 e. The summed E-state index contributed by atoms with van der Waals surface area (Å²) in [6, 6.07) is -0.382. The van der Waals surface area contributed by atoms with Crippen molar-refractivity contribution >= 4 is 16.8 Å². The molecule has 122 valence electrons. The Morgan fingerprint density at radius 1 is 1.36 bits per heavy atom. The van der Waals surface area contributed by atoms with E-state index < -0.39 is 18.3 Å². The maximum atomic E-state index is 10.3. The largest absolute Gasteiger partial charge is 0.388 e. The highest BCUT2D eigenvalue weighted by atomic mass is 32.2. The Morgan fingerprint density at radius 2 is 2.18 bits per heavy atom. The lowest BCUT2D eigenvalue weighted by Crippen LogP contribution is -2.55. The lowest BCUT2D eigenvalue weighted by molar-refractivity contribution is -0.157. The van der Waals surface area contributed by atoms with E-state index >= 15 is 0 Å². The molecule has 1 aromatic heterocycles. The summed E-state index contributed by atoms with van der Waals surface area (Å²) < 4.78 is 7.59. The van der Waals surface area contributed by atoms with Gasteiger partial charge in [0.25, 0.3) is 0 Å². The Kier molecular flexibility index (Phi) is 4.82. The van der Waals surface area contributed by atoms with E-state index in [0.717, 1.165) is 30.0 Å². The number of aliphatic imine (C=N–C) groups is 1. The van der Waals surface area contributed by atoms with Gasteiger partial charge in [0, 0.05) is 6.20 Å². The molecular formula is C14H22N4O3S. The summed E-state index contributed by atoms with van der Waals surface area (Å²) in [5.74, 6) is 0. The van der Waals surface area contributed by atoms with Gasteiger partial charge < -0.3 is 14.9 Å². The topological polar surface area (TPSA) is 92.8 Å². The first-order valence-corrected chi connectivity index (χ1v) is 8.58. The van der Waals surface area contributed by atoms with Crippen LogP contribution in [0.1, 0.15) is 32.4 Å². The van der Waals surface area contributed by atoms with Crippen molar-refractivity contribution in [3.05, 3.63) is 11.9 Å². The number of rotatable bonds is 5. The van der Waals surface area contributed by atoms with E-state index in [1.165, 1.54) is 11.8 Å². The van der Waals surface area contributed by atoms with E-state index in [1.807, 2.05) is 13.1 Å². The van der Waals surface area contributed by atoms with Gasteiger partial charge in [0.05, 0.1) is 17.3 Å².